The van der Waals surface area contributed by atoms with Crippen molar-refractivity contribution < 1.29 is 19.0 Å². The first-order valence-electron chi connectivity index (χ1n) is 4.32. The quantitative estimate of drug-likeness (QED) is 0.513. The molecule has 84 valence electrons. The highest BCUT2D eigenvalue weighted by Crippen LogP contribution is 2.16. The topological polar surface area (TPSA) is 44.8 Å². The van der Waals surface area contributed by atoms with Gasteiger partial charge in [-0.2, -0.15) is 12.6 Å². The van der Waals surface area contributed by atoms with Gasteiger partial charge >= 0.3 is 0 Å². The van der Waals surface area contributed by atoms with E-state index in [0.717, 1.165) is 0 Å². The molecule has 0 saturated carbocycles. The van der Waals surface area contributed by atoms with E-state index in [4.69, 9.17) is 14.2 Å². The van der Waals surface area contributed by atoms with Crippen LogP contribution in [0.4, 0.5) is 0 Å². The highest BCUT2D eigenvalue weighted by atomic mass is 32.1. The second-order valence-corrected chi connectivity index (χ2v) is 3.61. The van der Waals surface area contributed by atoms with Crippen molar-refractivity contribution in [3.8, 4) is 0 Å². The smallest absolute Gasteiger partial charge is 0.170 e. The second kappa shape index (κ2) is 7.23. The number of carbonyl (C=O) groups excluding carboxylic acids is 1. The van der Waals surface area contributed by atoms with Gasteiger partial charge in [-0.3, -0.25) is 4.79 Å². The van der Waals surface area contributed by atoms with Crippen LogP contribution in [0.25, 0.3) is 0 Å². The Morgan fingerprint density at radius 2 is 1.71 bits per heavy atom. The SMILES string of the molecule is COC(CC(C)=O)C(S)C(OC)OC. The number of thiol groups is 1. The highest BCUT2D eigenvalue weighted by Gasteiger charge is 2.27. The van der Waals surface area contributed by atoms with E-state index >= 15 is 0 Å². The summed E-state index contributed by atoms with van der Waals surface area (Å²) in [6, 6.07) is 0. The summed E-state index contributed by atoms with van der Waals surface area (Å²) < 4.78 is 15.2. The van der Waals surface area contributed by atoms with Gasteiger partial charge < -0.3 is 14.2 Å². The van der Waals surface area contributed by atoms with E-state index in [1.807, 2.05) is 0 Å². The number of ketones is 1. The number of hydrogen-bond donors (Lipinski definition) is 1. The molecule has 5 heteroatoms. The van der Waals surface area contributed by atoms with Crippen molar-refractivity contribution in [3.63, 3.8) is 0 Å². The lowest BCUT2D eigenvalue weighted by molar-refractivity contribution is -0.129. The first kappa shape index (κ1) is 13.9. The van der Waals surface area contributed by atoms with Crippen molar-refractivity contribution in [2.75, 3.05) is 21.3 Å². The van der Waals surface area contributed by atoms with Crippen LogP contribution < -0.4 is 0 Å². The fourth-order valence-electron chi connectivity index (χ4n) is 1.18. The Morgan fingerprint density at radius 1 is 1.21 bits per heavy atom. The maximum absolute atomic E-state index is 10.9. The van der Waals surface area contributed by atoms with Crippen LogP contribution in [0.5, 0.6) is 0 Å². The van der Waals surface area contributed by atoms with E-state index in [1.54, 1.807) is 7.11 Å². The standard InChI is InChI=1S/C9H18O4S/c1-6(10)5-7(11-2)8(14)9(12-3)13-4/h7-9,14H,5H2,1-4H3. The molecule has 0 saturated heterocycles. The minimum atomic E-state index is -0.470. The molecule has 0 aliphatic rings. The number of Topliss-reactive ketones (excluding diaryl/α,β-unsaturated/α-hetero) is 1. The summed E-state index contributed by atoms with van der Waals surface area (Å²) >= 11 is 4.31. The average Bonchev–Trinajstić information content (AvgIpc) is 2.15. The summed E-state index contributed by atoms with van der Waals surface area (Å²) in [5, 5.41) is -0.279. The van der Waals surface area contributed by atoms with E-state index in [2.05, 4.69) is 12.6 Å². The monoisotopic (exact) mass is 222 g/mol. The van der Waals surface area contributed by atoms with E-state index < -0.39 is 6.29 Å². The normalized spacial score (nSPS) is 15.6. The molecule has 0 aromatic heterocycles. The van der Waals surface area contributed by atoms with Gasteiger partial charge in [0.2, 0.25) is 0 Å². The van der Waals surface area contributed by atoms with Crippen LogP contribution in [0.3, 0.4) is 0 Å². The summed E-state index contributed by atoms with van der Waals surface area (Å²) in [6.45, 7) is 1.52. The van der Waals surface area contributed by atoms with Gasteiger partial charge in [-0.1, -0.05) is 0 Å². The summed E-state index contributed by atoms with van der Waals surface area (Å²) in [5.41, 5.74) is 0. The number of methoxy groups -OCH3 is 3. The third-order valence-electron chi connectivity index (χ3n) is 1.92. The highest BCUT2D eigenvalue weighted by molar-refractivity contribution is 7.81. The molecule has 2 unspecified atom stereocenters. The molecule has 0 aromatic carbocycles. The lowest BCUT2D eigenvalue weighted by atomic mass is 10.1. The van der Waals surface area contributed by atoms with Crippen LogP contribution in [0, 0.1) is 0 Å². The lowest BCUT2D eigenvalue weighted by Gasteiger charge is -2.26. The molecule has 4 nitrogen and oxygen atoms in total. The average molecular weight is 222 g/mol. The molecule has 0 aliphatic heterocycles. The van der Waals surface area contributed by atoms with Gasteiger partial charge in [0.1, 0.15) is 5.78 Å². The number of ether oxygens (including phenoxy) is 3. The predicted molar refractivity (Wildman–Crippen MR) is 56.7 cm³/mol. The molecule has 0 radical (unpaired) electrons. The molecular formula is C9H18O4S. The molecule has 0 fully saturated rings. The minimum absolute atomic E-state index is 0.0573. The van der Waals surface area contributed by atoms with Crippen LogP contribution >= 0.6 is 12.6 Å². The third kappa shape index (κ3) is 4.41. The van der Waals surface area contributed by atoms with E-state index in [0.29, 0.717) is 6.42 Å². The Morgan fingerprint density at radius 3 is 2.00 bits per heavy atom. The fourth-order valence-corrected chi connectivity index (χ4v) is 1.65. The molecule has 0 amide bonds. The molecule has 0 bridgehead atoms. The zero-order valence-electron chi connectivity index (χ0n) is 9.02. The number of carbonyl (C=O) groups is 1. The largest absolute Gasteiger partial charge is 0.380 e. The van der Waals surface area contributed by atoms with Crippen molar-refractivity contribution in [2.45, 2.75) is 31.0 Å². The molecule has 14 heavy (non-hydrogen) atoms. The lowest BCUT2D eigenvalue weighted by Crippen LogP contribution is -2.37. The van der Waals surface area contributed by atoms with Gasteiger partial charge in [0.15, 0.2) is 6.29 Å². The summed E-state index contributed by atoms with van der Waals surface area (Å²) in [7, 11) is 4.59. The van der Waals surface area contributed by atoms with E-state index in [9.17, 15) is 4.79 Å². The van der Waals surface area contributed by atoms with E-state index in [1.165, 1.54) is 21.1 Å². The molecule has 0 spiro atoms. The van der Waals surface area contributed by atoms with Gasteiger partial charge in [0.25, 0.3) is 0 Å². The minimum Gasteiger partial charge on any atom is -0.380 e. The summed E-state index contributed by atoms with van der Waals surface area (Å²) in [4.78, 5) is 10.9. The first-order valence-corrected chi connectivity index (χ1v) is 4.84. The van der Waals surface area contributed by atoms with Crippen molar-refractivity contribution in [3.05, 3.63) is 0 Å². The Kier molecular flexibility index (Phi) is 7.17. The van der Waals surface area contributed by atoms with Gasteiger partial charge in [-0.15, -0.1) is 0 Å². The number of rotatable bonds is 7. The fraction of sp³-hybridized carbons (Fsp3) is 0.889. The first-order chi connectivity index (χ1) is 6.56. The van der Waals surface area contributed by atoms with Gasteiger partial charge in [0.05, 0.1) is 11.4 Å². The van der Waals surface area contributed by atoms with Gasteiger partial charge in [0, 0.05) is 27.8 Å². The maximum atomic E-state index is 10.9. The molecule has 0 rings (SSSR count). The van der Waals surface area contributed by atoms with E-state index in [-0.39, 0.29) is 17.1 Å². The predicted octanol–water partition coefficient (Wildman–Crippen LogP) is 0.898. The Hall–Kier alpha value is -0.100. The van der Waals surface area contributed by atoms with Gasteiger partial charge in [-0.25, -0.2) is 0 Å². The van der Waals surface area contributed by atoms with Gasteiger partial charge in [-0.05, 0) is 6.92 Å². The molecule has 0 heterocycles. The zero-order chi connectivity index (χ0) is 11.1. The third-order valence-corrected chi connectivity index (χ3v) is 2.49. The number of hydrogen-bond acceptors (Lipinski definition) is 5. The Balaban J connectivity index is 4.27. The van der Waals surface area contributed by atoms with Crippen LogP contribution in [0.1, 0.15) is 13.3 Å². The van der Waals surface area contributed by atoms with Crippen LogP contribution in [0.15, 0.2) is 0 Å². The summed E-state index contributed by atoms with van der Waals surface area (Å²) in [5.74, 6) is 0.0573. The molecule has 0 aliphatic carbocycles. The molecule has 2 atom stereocenters. The van der Waals surface area contributed by atoms with Crippen LogP contribution in [-0.2, 0) is 19.0 Å². The van der Waals surface area contributed by atoms with Crippen molar-refractivity contribution in [2.24, 2.45) is 0 Å². The molecular weight excluding hydrogens is 204 g/mol. The van der Waals surface area contributed by atoms with Crippen molar-refractivity contribution >= 4 is 18.4 Å². The zero-order valence-corrected chi connectivity index (χ0v) is 9.91. The van der Waals surface area contributed by atoms with Crippen molar-refractivity contribution in [1.29, 1.82) is 0 Å². The van der Waals surface area contributed by atoms with Crippen LogP contribution in [-0.4, -0.2) is 44.8 Å². The molecule has 0 aromatic rings. The van der Waals surface area contributed by atoms with Crippen molar-refractivity contribution in [1.82, 2.24) is 0 Å². The summed E-state index contributed by atoms with van der Waals surface area (Å²) in [6.07, 6.45) is -0.447. The molecule has 0 N–H and O–H groups in total. The second-order valence-electron chi connectivity index (χ2n) is 3.01. The Bertz CT molecular complexity index is 170. The Labute approximate surface area is 90.3 Å². The van der Waals surface area contributed by atoms with Crippen LogP contribution in [0.2, 0.25) is 0 Å². The maximum Gasteiger partial charge on any atom is 0.170 e.